The molecule has 110 valence electrons. The van der Waals surface area contributed by atoms with Crippen molar-refractivity contribution in [1.29, 1.82) is 0 Å². The SMILES string of the molecule is COc1ccc(F)cc1C(=O)c1cccc(OC)c1OC. The van der Waals surface area contributed by atoms with E-state index in [2.05, 4.69) is 0 Å². The Morgan fingerprint density at radius 2 is 1.62 bits per heavy atom. The van der Waals surface area contributed by atoms with Crippen molar-refractivity contribution in [3.63, 3.8) is 0 Å². The van der Waals surface area contributed by atoms with Crippen molar-refractivity contribution in [2.24, 2.45) is 0 Å². The average Bonchev–Trinajstić information content (AvgIpc) is 2.53. The van der Waals surface area contributed by atoms with Crippen LogP contribution >= 0.6 is 0 Å². The number of para-hydroxylation sites is 1. The molecule has 0 amide bonds. The van der Waals surface area contributed by atoms with E-state index >= 15 is 0 Å². The minimum atomic E-state index is -0.513. The third-order valence-corrected chi connectivity index (χ3v) is 3.05. The van der Waals surface area contributed by atoms with Crippen LogP contribution in [0.5, 0.6) is 17.2 Å². The predicted octanol–water partition coefficient (Wildman–Crippen LogP) is 3.08. The van der Waals surface area contributed by atoms with Gasteiger partial charge in [0.1, 0.15) is 11.6 Å². The molecule has 0 aliphatic carbocycles. The molecule has 0 fully saturated rings. The monoisotopic (exact) mass is 290 g/mol. The van der Waals surface area contributed by atoms with E-state index in [1.807, 2.05) is 0 Å². The number of carbonyl (C=O) groups excluding carboxylic acids is 1. The molecule has 2 aromatic carbocycles. The summed E-state index contributed by atoms with van der Waals surface area (Å²) in [6.07, 6.45) is 0. The molecule has 2 aromatic rings. The fourth-order valence-corrected chi connectivity index (χ4v) is 2.07. The molecule has 0 saturated carbocycles. The number of ether oxygens (including phenoxy) is 3. The first-order valence-electron chi connectivity index (χ1n) is 6.21. The van der Waals surface area contributed by atoms with Crippen molar-refractivity contribution in [2.45, 2.75) is 0 Å². The molecule has 0 N–H and O–H groups in total. The lowest BCUT2D eigenvalue weighted by atomic mass is 10.0. The molecule has 0 bridgehead atoms. The van der Waals surface area contributed by atoms with Gasteiger partial charge in [-0.15, -0.1) is 0 Å². The Balaban J connectivity index is 2.57. The second-order valence-corrected chi connectivity index (χ2v) is 4.21. The summed E-state index contributed by atoms with van der Waals surface area (Å²) < 4.78 is 28.9. The highest BCUT2D eigenvalue weighted by Gasteiger charge is 2.21. The molecular weight excluding hydrogens is 275 g/mol. The Morgan fingerprint density at radius 1 is 0.905 bits per heavy atom. The first-order chi connectivity index (χ1) is 10.1. The van der Waals surface area contributed by atoms with Crippen LogP contribution in [0.3, 0.4) is 0 Å². The zero-order valence-corrected chi connectivity index (χ0v) is 12.0. The van der Waals surface area contributed by atoms with Crippen molar-refractivity contribution in [2.75, 3.05) is 21.3 Å². The summed E-state index contributed by atoms with van der Waals surface area (Å²) in [6, 6.07) is 8.72. The van der Waals surface area contributed by atoms with Gasteiger partial charge in [-0.05, 0) is 30.3 Å². The average molecular weight is 290 g/mol. The van der Waals surface area contributed by atoms with Gasteiger partial charge in [0.25, 0.3) is 0 Å². The summed E-state index contributed by atoms with van der Waals surface area (Å²) in [4.78, 5) is 12.6. The smallest absolute Gasteiger partial charge is 0.200 e. The predicted molar refractivity (Wildman–Crippen MR) is 75.9 cm³/mol. The molecule has 0 aliphatic heterocycles. The highest BCUT2D eigenvalue weighted by atomic mass is 19.1. The first-order valence-corrected chi connectivity index (χ1v) is 6.21. The van der Waals surface area contributed by atoms with Gasteiger partial charge in [0.05, 0.1) is 32.5 Å². The Labute approximate surface area is 122 Å². The zero-order chi connectivity index (χ0) is 15.4. The molecule has 5 heteroatoms. The van der Waals surface area contributed by atoms with Crippen LogP contribution in [0.15, 0.2) is 36.4 Å². The van der Waals surface area contributed by atoms with Crippen LogP contribution in [0.2, 0.25) is 0 Å². The third-order valence-electron chi connectivity index (χ3n) is 3.05. The Kier molecular flexibility index (Phi) is 4.42. The molecule has 4 nitrogen and oxygen atoms in total. The number of halogens is 1. The summed E-state index contributed by atoms with van der Waals surface area (Å²) in [6.45, 7) is 0. The standard InChI is InChI=1S/C16H15FO4/c1-19-13-8-7-10(17)9-12(13)15(18)11-5-4-6-14(20-2)16(11)21-3/h4-9H,1-3H3. The number of ketones is 1. The molecule has 0 heterocycles. The summed E-state index contributed by atoms with van der Waals surface area (Å²) >= 11 is 0. The maximum atomic E-state index is 13.4. The van der Waals surface area contributed by atoms with E-state index in [4.69, 9.17) is 14.2 Å². The molecule has 0 unspecified atom stereocenters. The Bertz CT molecular complexity index is 667. The quantitative estimate of drug-likeness (QED) is 0.794. The first kappa shape index (κ1) is 14.8. The number of methoxy groups -OCH3 is 3. The van der Waals surface area contributed by atoms with Gasteiger partial charge in [0.15, 0.2) is 11.5 Å². The van der Waals surface area contributed by atoms with Crippen LogP contribution in [-0.4, -0.2) is 27.1 Å². The van der Waals surface area contributed by atoms with E-state index in [0.29, 0.717) is 17.2 Å². The lowest BCUT2D eigenvalue weighted by Gasteiger charge is -2.13. The molecule has 0 atom stereocenters. The molecule has 0 radical (unpaired) electrons. The summed E-state index contributed by atoms with van der Waals surface area (Å²) in [5.74, 6) is 0.115. The molecule has 0 aromatic heterocycles. The zero-order valence-electron chi connectivity index (χ0n) is 12.0. The highest BCUT2D eigenvalue weighted by Crippen LogP contribution is 2.33. The lowest BCUT2D eigenvalue weighted by Crippen LogP contribution is -2.07. The van der Waals surface area contributed by atoms with Crippen molar-refractivity contribution < 1.29 is 23.4 Å². The number of rotatable bonds is 5. The van der Waals surface area contributed by atoms with Gasteiger partial charge in [-0.1, -0.05) is 6.07 Å². The second-order valence-electron chi connectivity index (χ2n) is 4.21. The van der Waals surface area contributed by atoms with Gasteiger partial charge in [-0.2, -0.15) is 0 Å². The van der Waals surface area contributed by atoms with Gasteiger partial charge in [0, 0.05) is 0 Å². The van der Waals surface area contributed by atoms with Crippen LogP contribution in [0.4, 0.5) is 4.39 Å². The van der Waals surface area contributed by atoms with Crippen LogP contribution < -0.4 is 14.2 Å². The minimum Gasteiger partial charge on any atom is -0.496 e. The lowest BCUT2D eigenvalue weighted by molar-refractivity contribution is 0.103. The fraction of sp³-hybridized carbons (Fsp3) is 0.188. The van der Waals surface area contributed by atoms with Crippen molar-refractivity contribution in [3.8, 4) is 17.2 Å². The van der Waals surface area contributed by atoms with Crippen molar-refractivity contribution in [1.82, 2.24) is 0 Å². The van der Waals surface area contributed by atoms with E-state index in [1.165, 1.54) is 33.5 Å². The maximum absolute atomic E-state index is 13.4. The molecule has 2 rings (SSSR count). The molecule has 0 saturated heterocycles. The second kappa shape index (κ2) is 6.26. The molecule has 21 heavy (non-hydrogen) atoms. The largest absolute Gasteiger partial charge is 0.496 e. The molecule has 0 aliphatic rings. The summed E-state index contributed by atoms with van der Waals surface area (Å²) in [5.41, 5.74) is 0.407. The van der Waals surface area contributed by atoms with Crippen molar-refractivity contribution in [3.05, 3.63) is 53.3 Å². The Morgan fingerprint density at radius 3 is 2.24 bits per heavy atom. The van der Waals surface area contributed by atoms with Crippen LogP contribution in [0, 0.1) is 5.82 Å². The fourth-order valence-electron chi connectivity index (χ4n) is 2.07. The van der Waals surface area contributed by atoms with E-state index in [-0.39, 0.29) is 11.1 Å². The summed E-state index contributed by atoms with van der Waals surface area (Å²) in [7, 11) is 4.35. The highest BCUT2D eigenvalue weighted by molar-refractivity contribution is 6.12. The normalized spacial score (nSPS) is 10.1. The van der Waals surface area contributed by atoms with Crippen LogP contribution in [0.25, 0.3) is 0 Å². The van der Waals surface area contributed by atoms with Gasteiger partial charge in [-0.3, -0.25) is 4.79 Å². The van der Waals surface area contributed by atoms with Gasteiger partial charge in [-0.25, -0.2) is 4.39 Å². The van der Waals surface area contributed by atoms with Crippen LogP contribution in [0.1, 0.15) is 15.9 Å². The third kappa shape index (κ3) is 2.81. The van der Waals surface area contributed by atoms with E-state index in [9.17, 15) is 9.18 Å². The number of hydrogen-bond acceptors (Lipinski definition) is 4. The maximum Gasteiger partial charge on any atom is 0.200 e. The van der Waals surface area contributed by atoms with Crippen LogP contribution in [-0.2, 0) is 0 Å². The number of hydrogen-bond donors (Lipinski definition) is 0. The van der Waals surface area contributed by atoms with Crippen molar-refractivity contribution >= 4 is 5.78 Å². The number of benzene rings is 2. The Hall–Kier alpha value is -2.56. The van der Waals surface area contributed by atoms with E-state index in [0.717, 1.165) is 6.07 Å². The topological polar surface area (TPSA) is 44.8 Å². The number of carbonyl (C=O) groups is 1. The van der Waals surface area contributed by atoms with Gasteiger partial charge >= 0.3 is 0 Å². The summed E-state index contributed by atoms with van der Waals surface area (Å²) in [5, 5.41) is 0. The van der Waals surface area contributed by atoms with Gasteiger partial charge in [0.2, 0.25) is 5.78 Å². The molecule has 0 spiro atoms. The van der Waals surface area contributed by atoms with E-state index < -0.39 is 11.6 Å². The van der Waals surface area contributed by atoms with E-state index in [1.54, 1.807) is 18.2 Å². The minimum absolute atomic E-state index is 0.129. The van der Waals surface area contributed by atoms with Gasteiger partial charge < -0.3 is 14.2 Å². The molecular formula is C16H15FO4.